The first-order chi connectivity index (χ1) is 16.5. The maximum atomic E-state index is 13.3. The summed E-state index contributed by atoms with van der Waals surface area (Å²) in [5, 5.41) is 2.95. The second-order valence-electron chi connectivity index (χ2n) is 10.6. The van der Waals surface area contributed by atoms with Gasteiger partial charge in [-0.25, -0.2) is 4.79 Å². The van der Waals surface area contributed by atoms with E-state index in [-0.39, 0.29) is 16.7 Å². The molecule has 1 heterocycles. The lowest BCUT2D eigenvalue weighted by Crippen LogP contribution is -2.34. The SMILES string of the molecule is CCCCC(Oc1ccc(C(C)(C)CC)cc1C(C)(C)CC)C(=O)Nc1ccc2[nH]c(=O)oc2c1. The maximum absolute atomic E-state index is 13.3. The molecule has 6 nitrogen and oxygen atoms in total. The molecule has 1 unspecified atom stereocenters. The molecule has 1 aromatic heterocycles. The van der Waals surface area contributed by atoms with Crippen molar-refractivity contribution in [1.82, 2.24) is 4.98 Å². The Morgan fingerprint density at radius 3 is 2.40 bits per heavy atom. The molecule has 35 heavy (non-hydrogen) atoms. The molecule has 0 fully saturated rings. The highest BCUT2D eigenvalue weighted by Gasteiger charge is 2.29. The molecule has 0 radical (unpaired) electrons. The fraction of sp³-hybridized carbons (Fsp3) is 0.517. The molecule has 2 aromatic carbocycles. The van der Waals surface area contributed by atoms with Gasteiger partial charge in [0.1, 0.15) is 5.75 Å². The first-order valence-electron chi connectivity index (χ1n) is 12.8. The Morgan fingerprint density at radius 1 is 1.03 bits per heavy atom. The number of anilines is 1. The first-order valence-corrected chi connectivity index (χ1v) is 12.8. The van der Waals surface area contributed by atoms with Crippen LogP contribution in [0.2, 0.25) is 0 Å². The maximum Gasteiger partial charge on any atom is 0.417 e. The van der Waals surface area contributed by atoms with Crippen LogP contribution < -0.4 is 15.8 Å². The Hall–Kier alpha value is -3.02. The Labute approximate surface area is 208 Å². The number of benzene rings is 2. The van der Waals surface area contributed by atoms with E-state index in [9.17, 15) is 9.59 Å². The summed E-state index contributed by atoms with van der Waals surface area (Å²) in [5.41, 5.74) is 3.92. The van der Waals surface area contributed by atoms with Crippen LogP contribution in [-0.4, -0.2) is 17.0 Å². The van der Waals surface area contributed by atoms with Gasteiger partial charge >= 0.3 is 5.76 Å². The van der Waals surface area contributed by atoms with Crippen LogP contribution in [0.25, 0.3) is 11.1 Å². The molecule has 2 N–H and O–H groups in total. The molecule has 1 amide bonds. The van der Waals surface area contributed by atoms with Crippen molar-refractivity contribution in [2.75, 3.05) is 5.32 Å². The van der Waals surface area contributed by atoms with Crippen molar-refractivity contribution in [2.45, 2.75) is 97.5 Å². The van der Waals surface area contributed by atoms with Crippen LogP contribution >= 0.6 is 0 Å². The zero-order chi connectivity index (χ0) is 25.8. The molecular weight excluding hydrogens is 440 g/mol. The lowest BCUT2D eigenvalue weighted by Gasteiger charge is -2.31. The van der Waals surface area contributed by atoms with Gasteiger partial charge in [0.25, 0.3) is 5.91 Å². The van der Waals surface area contributed by atoms with Crippen LogP contribution in [0.1, 0.15) is 91.7 Å². The number of oxazole rings is 1. The van der Waals surface area contributed by atoms with Gasteiger partial charge < -0.3 is 14.5 Å². The lowest BCUT2D eigenvalue weighted by molar-refractivity contribution is -0.123. The van der Waals surface area contributed by atoms with Gasteiger partial charge in [0.05, 0.1) is 5.52 Å². The number of rotatable bonds is 11. The second kappa shape index (κ2) is 10.7. The topological polar surface area (TPSA) is 84.3 Å². The highest BCUT2D eigenvalue weighted by molar-refractivity contribution is 5.95. The summed E-state index contributed by atoms with van der Waals surface area (Å²) in [6, 6.07) is 11.5. The zero-order valence-electron chi connectivity index (χ0n) is 22.2. The number of aromatic nitrogens is 1. The molecule has 0 bridgehead atoms. The van der Waals surface area contributed by atoms with Gasteiger partial charge in [-0.05, 0) is 60.3 Å². The summed E-state index contributed by atoms with van der Waals surface area (Å²) in [6.45, 7) is 15.4. The minimum Gasteiger partial charge on any atom is -0.480 e. The molecular formula is C29H40N2O4. The summed E-state index contributed by atoms with van der Waals surface area (Å²) in [4.78, 5) is 27.4. The summed E-state index contributed by atoms with van der Waals surface area (Å²) >= 11 is 0. The van der Waals surface area contributed by atoms with Crippen LogP contribution in [0.4, 0.5) is 5.69 Å². The summed E-state index contributed by atoms with van der Waals surface area (Å²) in [5.74, 6) is 0.0261. The number of amides is 1. The van der Waals surface area contributed by atoms with E-state index >= 15 is 0 Å². The average molecular weight is 481 g/mol. The molecule has 190 valence electrons. The van der Waals surface area contributed by atoms with Crippen LogP contribution in [0.15, 0.2) is 45.6 Å². The van der Waals surface area contributed by atoms with Gasteiger partial charge in [-0.3, -0.25) is 9.78 Å². The van der Waals surface area contributed by atoms with Crippen molar-refractivity contribution in [3.05, 3.63) is 58.1 Å². The van der Waals surface area contributed by atoms with E-state index in [0.717, 1.165) is 37.0 Å². The van der Waals surface area contributed by atoms with Crippen LogP contribution in [0.3, 0.4) is 0 Å². The fourth-order valence-corrected chi connectivity index (χ4v) is 4.01. The number of hydrogen-bond acceptors (Lipinski definition) is 4. The number of ether oxygens (including phenoxy) is 1. The van der Waals surface area contributed by atoms with E-state index in [4.69, 9.17) is 9.15 Å². The van der Waals surface area contributed by atoms with E-state index in [1.807, 2.05) is 6.07 Å². The number of nitrogens with one attached hydrogen (secondary N) is 2. The predicted octanol–water partition coefficient (Wildman–Crippen LogP) is 7.07. The number of carbonyl (C=O) groups is 1. The molecule has 0 aliphatic carbocycles. The summed E-state index contributed by atoms with van der Waals surface area (Å²) in [6.07, 6.45) is 3.79. The van der Waals surface area contributed by atoms with Gasteiger partial charge in [-0.1, -0.05) is 67.0 Å². The van der Waals surface area contributed by atoms with Gasteiger partial charge in [0.15, 0.2) is 11.7 Å². The van der Waals surface area contributed by atoms with Gasteiger partial charge in [0, 0.05) is 17.3 Å². The van der Waals surface area contributed by atoms with Crippen molar-refractivity contribution >= 4 is 22.7 Å². The zero-order valence-corrected chi connectivity index (χ0v) is 22.2. The number of fused-ring (bicyclic) bond motifs is 1. The van der Waals surface area contributed by atoms with E-state index < -0.39 is 11.9 Å². The van der Waals surface area contributed by atoms with Gasteiger partial charge in [0.2, 0.25) is 0 Å². The van der Waals surface area contributed by atoms with Crippen molar-refractivity contribution in [3.8, 4) is 5.75 Å². The molecule has 1 atom stereocenters. The number of unbranched alkanes of at least 4 members (excludes halogenated alkanes) is 1. The third kappa shape index (κ3) is 6.16. The van der Waals surface area contributed by atoms with E-state index in [1.165, 1.54) is 5.56 Å². The molecule has 0 saturated carbocycles. The van der Waals surface area contributed by atoms with Crippen LogP contribution in [0, 0.1) is 0 Å². The van der Waals surface area contributed by atoms with Crippen molar-refractivity contribution < 1.29 is 13.9 Å². The Kier molecular flexibility index (Phi) is 8.14. The van der Waals surface area contributed by atoms with Crippen molar-refractivity contribution in [1.29, 1.82) is 0 Å². The first kappa shape index (κ1) is 26.6. The van der Waals surface area contributed by atoms with Crippen LogP contribution in [0.5, 0.6) is 5.75 Å². The largest absolute Gasteiger partial charge is 0.480 e. The third-order valence-electron chi connectivity index (χ3n) is 7.33. The normalized spacial score (nSPS) is 13.1. The molecule has 0 spiro atoms. The van der Waals surface area contributed by atoms with E-state index in [0.29, 0.717) is 23.2 Å². The highest BCUT2D eigenvalue weighted by atomic mass is 16.5. The second-order valence-corrected chi connectivity index (χ2v) is 10.6. The Morgan fingerprint density at radius 2 is 1.74 bits per heavy atom. The predicted molar refractivity (Wildman–Crippen MR) is 142 cm³/mol. The minimum absolute atomic E-state index is 0.0575. The molecule has 0 aliphatic rings. The standard InChI is InChI=1S/C29H40N2O4/c1-8-11-12-24(26(32)30-20-14-15-22-25(18-20)35-27(33)31-22)34-23-16-13-19(28(4,5)9-2)17-21(23)29(6,7)10-3/h13-18,24H,8-12H2,1-7H3,(H,30,32)(H,31,33). The summed E-state index contributed by atoms with van der Waals surface area (Å²) in [7, 11) is 0. The molecule has 0 aliphatic heterocycles. The van der Waals surface area contributed by atoms with Crippen molar-refractivity contribution in [2.24, 2.45) is 0 Å². The molecule has 3 aromatic rings. The molecule has 3 rings (SSSR count). The number of hydrogen-bond donors (Lipinski definition) is 2. The van der Waals surface area contributed by atoms with Gasteiger partial charge in [-0.2, -0.15) is 0 Å². The summed E-state index contributed by atoms with van der Waals surface area (Å²) < 4.78 is 11.6. The minimum atomic E-state index is -0.639. The monoisotopic (exact) mass is 480 g/mol. The average Bonchev–Trinajstić information content (AvgIpc) is 3.20. The van der Waals surface area contributed by atoms with Crippen LogP contribution in [-0.2, 0) is 15.6 Å². The molecule has 0 saturated heterocycles. The number of aromatic amines is 1. The molecule has 6 heteroatoms. The van der Waals surface area contributed by atoms with E-state index in [2.05, 4.69) is 70.9 Å². The van der Waals surface area contributed by atoms with Gasteiger partial charge in [-0.15, -0.1) is 0 Å². The number of carbonyl (C=O) groups excluding carboxylic acids is 1. The highest BCUT2D eigenvalue weighted by Crippen LogP contribution is 2.39. The third-order valence-corrected chi connectivity index (χ3v) is 7.33. The Balaban J connectivity index is 1.92. The Bertz CT molecular complexity index is 1220. The number of H-pyrrole nitrogens is 1. The van der Waals surface area contributed by atoms with Crippen molar-refractivity contribution in [3.63, 3.8) is 0 Å². The lowest BCUT2D eigenvalue weighted by atomic mass is 9.76. The smallest absolute Gasteiger partial charge is 0.417 e. The quantitative estimate of drug-likeness (QED) is 0.307. The fourth-order valence-electron chi connectivity index (χ4n) is 4.01. The van der Waals surface area contributed by atoms with E-state index in [1.54, 1.807) is 18.2 Å².